The molecule has 0 saturated carbocycles. The van der Waals surface area contributed by atoms with Crippen LogP contribution in [-0.4, -0.2) is 54.1 Å². The van der Waals surface area contributed by atoms with E-state index in [0.717, 1.165) is 24.9 Å². The van der Waals surface area contributed by atoms with Crippen molar-refractivity contribution in [1.82, 2.24) is 4.90 Å². The maximum Gasteiger partial charge on any atom is 0.515 e. The summed E-state index contributed by atoms with van der Waals surface area (Å²) in [5.41, 5.74) is 2.02. The van der Waals surface area contributed by atoms with Crippen LogP contribution in [0.15, 0.2) is 24.3 Å². The molecule has 2 bridgehead atoms. The van der Waals surface area contributed by atoms with Crippen molar-refractivity contribution < 1.29 is 24.1 Å². The Hall–Kier alpha value is -1.76. The number of halogens is 1. The fourth-order valence-corrected chi connectivity index (χ4v) is 5.56. The second-order valence-corrected chi connectivity index (χ2v) is 7.73. The van der Waals surface area contributed by atoms with Gasteiger partial charge in [0.1, 0.15) is 12.2 Å². The third-order valence-electron chi connectivity index (χ3n) is 6.50. The molecule has 0 aromatic heterocycles. The summed E-state index contributed by atoms with van der Waals surface area (Å²) < 4.78 is 16.3. The van der Waals surface area contributed by atoms with E-state index in [9.17, 15) is 9.90 Å². The number of aliphatic hydroxyl groups is 1. The van der Waals surface area contributed by atoms with Gasteiger partial charge < -0.3 is 24.2 Å². The van der Waals surface area contributed by atoms with Gasteiger partial charge in [-0.25, -0.2) is 4.79 Å². The Morgan fingerprint density at radius 2 is 2.31 bits per heavy atom. The van der Waals surface area contributed by atoms with Crippen LogP contribution < -0.4 is 9.47 Å². The van der Waals surface area contributed by atoms with Gasteiger partial charge in [-0.3, -0.25) is 0 Å². The molecule has 1 unspecified atom stereocenters. The number of likely N-dealkylation sites (tertiary alicyclic amines) is 1. The molecule has 0 amide bonds. The summed E-state index contributed by atoms with van der Waals surface area (Å²) in [6.45, 7) is 0.944. The second-order valence-electron chi connectivity index (χ2n) is 7.51. The zero-order valence-corrected chi connectivity index (χ0v) is 15.1. The molecule has 5 atom stereocenters. The molecule has 1 aromatic rings. The summed E-state index contributed by atoms with van der Waals surface area (Å²) in [7, 11) is 2.16. The molecule has 26 heavy (non-hydrogen) atoms. The predicted octanol–water partition coefficient (Wildman–Crippen LogP) is 2.20. The van der Waals surface area contributed by atoms with Crippen molar-refractivity contribution in [2.24, 2.45) is 5.92 Å². The van der Waals surface area contributed by atoms with Crippen LogP contribution in [0.3, 0.4) is 0 Å². The Labute approximate surface area is 156 Å². The smallest absolute Gasteiger partial charge is 0.482 e. The van der Waals surface area contributed by atoms with Crippen molar-refractivity contribution in [3.05, 3.63) is 35.4 Å². The van der Waals surface area contributed by atoms with E-state index in [1.54, 1.807) is 6.07 Å². The Kier molecular flexibility index (Phi) is 3.55. The molecule has 6 nitrogen and oxygen atoms in total. The number of hydrogen-bond acceptors (Lipinski definition) is 6. The summed E-state index contributed by atoms with van der Waals surface area (Å²) in [6, 6.07) is 3.85. The number of piperidine rings is 1. The molecular weight excluding hydrogens is 358 g/mol. The molecule has 2 heterocycles. The number of alkyl halides is 1. The van der Waals surface area contributed by atoms with Crippen molar-refractivity contribution in [3.8, 4) is 11.5 Å². The Morgan fingerprint density at radius 3 is 3.12 bits per heavy atom. The van der Waals surface area contributed by atoms with Crippen molar-refractivity contribution in [1.29, 1.82) is 0 Å². The Morgan fingerprint density at radius 1 is 1.46 bits per heavy atom. The number of carbonyl (C=O) groups excluding carboxylic acids is 1. The van der Waals surface area contributed by atoms with Gasteiger partial charge in [0.25, 0.3) is 0 Å². The molecule has 1 N–H and O–H groups in total. The van der Waals surface area contributed by atoms with Gasteiger partial charge in [-0.05, 0) is 38.1 Å². The highest BCUT2D eigenvalue weighted by Crippen LogP contribution is 2.62. The van der Waals surface area contributed by atoms with Gasteiger partial charge in [0.15, 0.2) is 17.6 Å². The lowest BCUT2D eigenvalue weighted by molar-refractivity contribution is -0.0453. The quantitative estimate of drug-likeness (QED) is 0.369. The van der Waals surface area contributed by atoms with E-state index in [1.807, 2.05) is 12.1 Å². The highest BCUT2D eigenvalue weighted by molar-refractivity contribution is 6.17. The number of benzene rings is 1. The third kappa shape index (κ3) is 1.98. The SMILES string of the molecule is CN1CC[C@]23c4c5ccc(OC(=O)OCCl)c4O[C@H]2[C@@H](O)C=CC3[C@H]1C5. The first-order valence-corrected chi connectivity index (χ1v) is 9.40. The number of nitrogens with zero attached hydrogens (tertiary/aromatic N) is 1. The van der Waals surface area contributed by atoms with Crippen LogP contribution in [0.2, 0.25) is 0 Å². The third-order valence-corrected chi connectivity index (χ3v) is 6.61. The van der Waals surface area contributed by atoms with Crippen LogP contribution in [0.1, 0.15) is 17.5 Å². The predicted molar refractivity (Wildman–Crippen MR) is 93.7 cm³/mol. The Bertz CT molecular complexity index is 811. The average Bonchev–Trinajstić information content (AvgIpc) is 2.97. The fraction of sp³-hybridized carbons (Fsp3) is 0.526. The van der Waals surface area contributed by atoms with Crippen molar-refractivity contribution in [2.45, 2.75) is 36.5 Å². The van der Waals surface area contributed by atoms with Gasteiger partial charge in [0, 0.05) is 22.9 Å². The highest BCUT2D eigenvalue weighted by Gasteiger charge is 2.64. The standard InChI is InChI=1S/C19H20ClNO5/c1-21-7-6-19-11-3-4-13(22)17(19)26-16-14(25-18(23)24-9-20)5-2-10(15(16)19)8-12(11)21/h2-5,11-13,17,22H,6-9H2,1H3/t11?,12-,13+,17+,19+/m1/s1. The summed E-state index contributed by atoms with van der Waals surface area (Å²) in [4.78, 5) is 14.2. The lowest BCUT2D eigenvalue weighted by Crippen LogP contribution is -2.64. The number of likely N-dealkylation sites (N-methyl/N-ethyl adjacent to an activating group) is 1. The largest absolute Gasteiger partial charge is 0.515 e. The van der Waals surface area contributed by atoms with Crippen molar-refractivity contribution in [2.75, 3.05) is 19.7 Å². The molecule has 1 spiro atoms. The summed E-state index contributed by atoms with van der Waals surface area (Å²) >= 11 is 5.43. The van der Waals surface area contributed by atoms with Crippen molar-refractivity contribution in [3.63, 3.8) is 0 Å². The normalized spacial score (nSPS) is 36.3. The van der Waals surface area contributed by atoms with Crippen molar-refractivity contribution >= 4 is 17.8 Å². The minimum atomic E-state index is -0.862. The monoisotopic (exact) mass is 377 g/mol. The molecule has 5 rings (SSSR count). The van der Waals surface area contributed by atoms with E-state index >= 15 is 0 Å². The fourth-order valence-electron chi connectivity index (χ4n) is 5.47. The number of ether oxygens (including phenoxy) is 3. The minimum absolute atomic E-state index is 0.272. The van der Waals surface area contributed by atoms with Gasteiger partial charge in [0.05, 0.1) is 0 Å². The zero-order valence-electron chi connectivity index (χ0n) is 14.4. The van der Waals surface area contributed by atoms with Crippen LogP contribution >= 0.6 is 11.6 Å². The number of rotatable bonds is 2. The molecule has 1 fully saturated rings. The maximum atomic E-state index is 11.8. The topological polar surface area (TPSA) is 68.2 Å². The van der Waals surface area contributed by atoms with Gasteiger partial charge in [-0.2, -0.15) is 0 Å². The molecule has 2 aliphatic heterocycles. The van der Waals surface area contributed by atoms with Crippen LogP contribution in [-0.2, 0) is 16.6 Å². The van der Waals surface area contributed by atoms with E-state index in [2.05, 4.69) is 22.8 Å². The number of carbonyl (C=O) groups is 1. The van der Waals surface area contributed by atoms with Gasteiger partial charge in [0.2, 0.25) is 0 Å². The van der Waals surface area contributed by atoms with E-state index in [-0.39, 0.29) is 23.5 Å². The van der Waals surface area contributed by atoms with Gasteiger partial charge in [-0.1, -0.05) is 29.8 Å². The number of hydrogen-bond donors (Lipinski definition) is 1. The van der Waals surface area contributed by atoms with Crippen LogP contribution in [0.5, 0.6) is 11.5 Å². The van der Waals surface area contributed by atoms with E-state index in [4.69, 9.17) is 21.1 Å². The zero-order chi connectivity index (χ0) is 18.1. The Balaban J connectivity index is 1.67. The van der Waals surface area contributed by atoms with Gasteiger partial charge in [-0.15, -0.1) is 0 Å². The molecular formula is C19H20ClNO5. The number of aliphatic hydroxyl groups excluding tert-OH is 1. The molecule has 7 heteroatoms. The molecule has 2 aliphatic carbocycles. The average molecular weight is 378 g/mol. The molecule has 0 radical (unpaired) electrons. The summed E-state index contributed by atoms with van der Waals surface area (Å²) in [5.74, 6) is 1.16. The highest BCUT2D eigenvalue weighted by atomic mass is 35.5. The van der Waals surface area contributed by atoms with E-state index in [1.165, 1.54) is 5.56 Å². The minimum Gasteiger partial charge on any atom is -0.482 e. The van der Waals surface area contributed by atoms with E-state index < -0.39 is 12.3 Å². The first-order valence-electron chi connectivity index (χ1n) is 8.86. The first-order chi connectivity index (χ1) is 12.6. The van der Waals surface area contributed by atoms with Crippen LogP contribution in [0.4, 0.5) is 4.79 Å². The summed E-state index contributed by atoms with van der Waals surface area (Å²) in [5, 5.41) is 10.6. The summed E-state index contributed by atoms with van der Waals surface area (Å²) in [6.07, 6.45) is 3.89. The lowest BCUT2D eigenvalue weighted by atomic mass is 9.53. The molecule has 4 aliphatic rings. The molecule has 1 aromatic carbocycles. The first kappa shape index (κ1) is 16.4. The molecule has 138 valence electrons. The van der Waals surface area contributed by atoms with Crippen LogP contribution in [0, 0.1) is 5.92 Å². The van der Waals surface area contributed by atoms with Crippen LogP contribution in [0.25, 0.3) is 0 Å². The second kappa shape index (κ2) is 5.62. The lowest BCUT2D eigenvalue weighted by Gasteiger charge is -2.56. The van der Waals surface area contributed by atoms with E-state index in [0.29, 0.717) is 17.5 Å². The molecule has 1 saturated heterocycles. The maximum absolute atomic E-state index is 11.8. The van der Waals surface area contributed by atoms with Gasteiger partial charge >= 0.3 is 6.16 Å².